The number of hydrogen-bond acceptors (Lipinski definition) is 4. The normalized spacial score (nSPS) is 26.8. The third-order valence-corrected chi connectivity index (χ3v) is 6.96. The van der Waals surface area contributed by atoms with Gasteiger partial charge in [0.2, 0.25) is 0 Å². The van der Waals surface area contributed by atoms with Crippen molar-refractivity contribution in [3.63, 3.8) is 0 Å². The zero-order chi connectivity index (χ0) is 18.1. The van der Waals surface area contributed by atoms with Crippen LogP contribution in [0.4, 0.5) is 0 Å². The Morgan fingerprint density at radius 1 is 1.24 bits per heavy atom. The van der Waals surface area contributed by atoms with Gasteiger partial charge in [0.15, 0.2) is 5.96 Å². The Hall–Kier alpha value is -0.460. The van der Waals surface area contributed by atoms with Crippen molar-refractivity contribution in [2.24, 2.45) is 10.9 Å². The number of ether oxygens (including phenoxy) is 1. The molecule has 2 fully saturated rings. The van der Waals surface area contributed by atoms with E-state index in [1.807, 2.05) is 18.8 Å². The fourth-order valence-corrected chi connectivity index (χ4v) is 5.01. The highest BCUT2D eigenvalue weighted by atomic mass is 32.2. The quantitative estimate of drug-likeness (QED) is 0.508. The van der Waals surface area contributed by atoms with Crippen LogP contribution in [-0.4, -0.2) is 74.3 Å². The maximum atomic E-state index is 5.55. The van der Waals surface area contributed by atoms with Gasteiger partial charge in [0.05, 0.1) is 13.2 Å². The summed E-state index contributed by atoms with van der Waals surface area (Å²) in [5, 5.41) is 8.08. The minimum absolute atomic E-state index is 0.556. The number of hydrogen-bond donors (Lipinski definition) is 2. The van der Waals surface area contributed by atoms with E-state index in [1.54, 1.807) is 0 Å². The molecule has 2 N–H and O–H groups in total. The summed E-state index contributed by atoms with van der Waals surface area (Å²) >= 11 is 2.00. The molecule has 1 heterocycles. The van der Waals surface area contributed by atoms with Crippen LogP contribution in [0, 0.1) is 5.92 Å². The highest BCUT2D eigenvalue weighted by Gasteiger charge is 2.28. The number of guanidine groups is 1. The van der Waals surface area contributed by atoms with E-state index >= 15 is 0 Å². The van der Waals surface area contributed by atoms with E-state index in [-0.39, 0.29) is 0 Å². The Morgan fingerprint density at radius 3 is 2.52 bits per heavy atom. The van der Waals surface area contributed by atoms with Crippen LogP contribution in [0.5, 0.6) is 0 Å². The standard InChI is InChI=1S/C19H38N4OS/c1-5-15(6-2)18(23-9-11-24-12-10-23)14-21-19(20-3)22-16-7-8-17(13-16)25-4/h15-18H,5-14H2,1-4H3,(H2,20,21,22). The Labute approximate surface area is 158 Å². The average Bonchev–Trinajstić information content (AvgIpc) is 3.12. The van der Waals surface area contributed by atoms with E-state index in [4.69, 9.17) is 4.74 Å². The molecule has 1 aliphatic carbocycles. The van der Waals surface area contributed by atoms with Crippen LogP contribution in [-0.2, 0) is 4.74 Å². The molecule has 1 saturated carbocycles. The number of aliphatic imine (C=N–C) groups is 1. The van der Waals surface area contributed by atoms with Crippen molar-refractivity contribution in [2.75, 3.05) is 46.2 Å². The summed E-state index contributed by atoms with van der Waals surface area (Å²) in [5.74, 6) is 1.69. The first kappa shape index (κ1) is 20.8. The van der Waals surface area contributed by atoms with Crippen molar-refractivity contribution in [3.8, 4) is 0 Å². The number of nitrogens with one attached hydrogen (secondary N) is 2. The number of morpholine rings is 1. The Bertz CT molecular complexity index is 397. The van der Waals surface area contributed by atoms with Crippen LogP contribution in [0.2, 0.25) is 0 Å². The van der Waals surface area contributed by atoms with Crippen molar-refractivity contribution in [3.05, 3.63) is 0 Å². The molecule has 3 atom stereocenters. The molecule has 6 heteroatoms. The summed E-state index contributed by atoms with van der Waals surface area (Å²) in [5.41, 5.74) is 0. The minimum atomic E-state index is 0.556. The molecule has 0 spiro atoms. The largest absolute Gasteiger partial charge is 0.379 e. The fourth-order valence-electron chi connectivity index (χ4n) is 4.21. The van der Waals surface area contributed by atoms with Crippen LogP contribution in [0.3, 0.4) is 0 Å². The molecular formula is C19H38N4OS. The van der Waals surface area contributed by atoms with Crippen molar-refractivity contribution >= 4 is 17.7 Å². The van der Waals surface area contributed by atoms with Gasteiger partial charge in [0.25, 0.3) is 0 Å². The maximum absolute atomic E-state index is 5.55. The summed E-state index contributed by atoms with van der Waals surface area (Å²) in [6, 6.07) is 1.12. The second kappa shape index (κ2) is 11.3. The summed E-state index contributed by atoms with van der Waals surface area (Å²) in [6.45, 7) is 9.42. The molecule has 0 aromatic rings. The van der Waals surface area contributed by atoms with Gasteiger partial charge in [-0.25, -0.2) is 0 Å². The predicted octanol–water partition coefficient (Wildman–Crippen LogP) is 2.57. The lowest BCUT2D eigenvalue weighted by molar-refractivity contribution is 0.00271. The molecule has 3 unspecified atom stereocenters. The van der Waals surface area contributed by atoms with Crippen LogP contribution in [0.25, 0.3) is 0 Å². The molecule has 1 aliphatic heterocycles. The molecule has 2 rings (SSSR count). The molecule has 0 aromatic carbocycles. The third kappa shape index (κ3) is 6.33. The van der Waals surface area contributed by atoms with Crippen LogP contribution in [0.1, 0.15) is 46.0 Å². The molecule has 146 valence electrons. The zero-order valence-electron chi connectivity index (χ0n) is 16.6. The van der Waals surface area contributed by atoms with Gasteiger partial charge in [-0.2, -0.15) is 11.8 Å². The third-order valence-electron chi connectivity index (χ3n) is 5.87. The van der Waals surface area contributed by atoms with E-state index in [1.165, 1.54) is 32.1 Å². The second-order valence-corrected chi connectivity index (χ2v) is 8.40. The van der Waals surface area contributed by atoms with Gasteiger partial charge in [-0.15, -0.1) is 0 Å². The molecular weight excluding hydrogens is 332 g/mol. The molecule has 5 nitrogen and oxygen atoms in total. The fraction of sp³-hybridized carbons (Fsp3) is 0.947. The zero-order valence-corrected chi connectivity index (χ0v) is 17.4. The molecule has 1 saturated heterocycles. The monoisotopic (exact) mass is 370 g/mol. The molecule has 25 heavy (non-hydrogen) atoms. The smallest absolute Gasteiger partial charge is 0.191 e. The van der Waals surface area contributed by atoms with Crippen molar-refractivity contribution in [1.29, 1.82) is 0 Å². The lowest BCUT2D eigenvalue weighted by Crippen LogP contribution is -2.54. The highest BCUT2D eigenvalue weighted by Crippen LogP contribution is 2.28. The predicted molar refractivity (Wildman–Crippen MR) is 110 cm³/mol. The minimum Gasteiger partial charge on any atom is -0.379 e. The van der Waals surface area contributed by atoms with E-state index in [9.17, 15) is 0 Å². The van der Waals surface area contributed by atoms with Crippen LogP contribution < -0.4 is 10.6 Å². The van der Waals surface area contributed by atoms with Gasteiger partial charge in [0, 0.05) is 44.0 Å². The first-order valence-corrected chi connectivity index (χ1v) is 11.3. The van der Waals surface area contributed by atoms with Crippen molar-refractivity contribution < 1.29 is 4.74 Å². The van der Waals surface area contributed by atoms with Gasteiger partial charge >= 0.3 is 0 Å². The van der Waals surface area contributed by atoms with E-state index in [0.717, 1.165) is 50.0 Å². The summed E-state index contributed by atoms with van der Waals surface area (Å²) in [6.07, 6.45) is 8.50. The Balaban J connectivity index is 1.88. The lowest BCUT2D eigenvalue weighted by atomic mass is 9.92. The SMILES string of the molecule is CCC(CC)C(CNC(=NC)NC1CCC(SC)C1)N1CCOCC1. The molecule has 0 amide bonds. The summed E-state index contributed by atoms with van der Waals surface area (Å²) in [7, 11) is 1.89. The molecule has 0 aromatic heterocycles. The van der Waals surface area contributed by atoms with Crippen LogP contribution in [0.15, 0.2) is 4.99 Å². The van der Waals surface area contributed by atoms with Gasteiger partial charge in [-0.3, -0.25) is 9.89 Å². The van der Waals surface area contributed by atoms with Gasteiger partial charge < -0.3 is 15.4 Å². The van der Waals surface area contributed by atoms with Gasteiger partial charge in [-0.05, 0) is 31.4 Å². The molecule has 2 aliphatic rings. The highest BCUT2D eigenvalue weighted by molar-refractivity contribution is 7.99. The first-order chi connectivity index (χ1) is 12.2. The van der Waals surface area contributed by atoms with E-state index in [2.05, 4.69) is 40.6 Å². The van der Waals surface area contributed by atoms with E-state index in [0.29, 0.717) is 12.1 Å². The Kier molecular flexibility index (Phi) is 9.42. The van der Waals surface area contributed by atoms with Gasteiger partial charge in [0.1, 0.15) is 0 Å². The van der Waals surface area contributed by atoms with Gasteiger partial charge in [-0.1, -0.05) is 26.7 Å². The topological polar surface area (TPSA) is 48.9 Å². The molecule has 0 bridgehead atoms. The van der Waals surface area contributed by atoms with Crippen LogP contribution >= 0.6 is 11.8 Å². The van der Waals surface area contributed by atoms with E-state index < -0.39 is 0 Å². The van der Waals surface area contributed by atoms with Crippen molar-refractivity contribution in [2.45, 2.75) is 63.3 Å². The van der Waals surface area contributed by atoms with Crippen molar-refractivity contribution in [1.82, 2.24) is 15.5 Å². The number of thioether (sulfide) groups is 1. The second-order valence-electron chi connectivity index (χ2n) is 7.26. The maximum Gasteiger partial charge on any atom is 0.191 e. The number of rotatable bonds is 8. The first-order valence-electron chi connectivity index (χ1n) is 10.0. The number of nitrogens with zero attached hydrogens (tertiary/aromatic N) is 2. The lowest BCUT2D eigenvalue weighted by Gasteiger charge is -2.39. The average molecular weight is 371 g/mol. The summed E-state index contributed by atoms with van der Waals surface area (Å²) < 4.78 is 5.55. The summed E-state index contributed by atoms with van der Waals surface area (Å²) in [4.78, 5) is 7.09. The Morgan fingerprint density at radius 2 is 1.96 bits per heavy atom. The molecule has 0 radical (unpaired) electrons.